The number of allylic oxidation sites excluding steroid dienone is 1. The van der Waals surface area contributed by atoms with Crippen molar-refractivity contribution in [2.24, 2.45) is 5.92 Å². The summed E-state index contributed by atoms with van der Waals surface area (Å²) in [7, 11) is 0. The largest absolute Gasteiger partial charge is 0.361 e. The van der Waals surface area contributed by atoms with Crippen LogP contribution < -0.4 is 0 Å². The number of rotatable bonds is 5. The van der Waals surface area contributed by atoms with Crippen molar-refractivity contribution in [3.63, 3.8) is 0 Å². The molecule has 1 amide bonds. The molecule has 0 radical (unpaired) electrons. The number of carbonyl (C=O) groups is 1. The maximum absolute atomic E-state index is 13.5. The molecule has 2 N–H and O–H groups in total. The molecule has 3 aliphatic rings. The van der Waals surface area contributed by atoms with Gasteiger partial charge in [-0.1, -0.05) is 19.1 Å². The number of halogens is 1. The average Bonchev–Trinajstić information content (AvgIpc) is 3.60. The normalized spacial score (nSPS) is 23.3. The number of piperidine rings is 1. The van der Waals surface area contributed by atoms with E-state index in [2.05, 4.69) is 45.0 Å². The highest BCUT2D eigenvalue weighted by Crippen LogP contribution is 2.34. The molecule has 1 aromatic carbocycles. The van der Waals surface area contributed by atoms with Crippen LogP contribution in [-0.4, -0.2) is 57.9 Å². The first-order valence-electron chi connectivity index (χ1n) is 13.2. The summed E-state index contributed by atoms with van der Waals surface area (Å²) >= 11 is 0. The molecular formula is C29H35FN4O. The Balaban J connectivity index is 1.04. The number of likely N-dealkylation sites (tertiary alicyclic amines) is 2. The van der Waals surface area contributed by atoms with Crippen LogP contribution in [0.4, 0.5) is 4.39 Å². The number of carbonyl (C=O) groups excluding carboxylic acids is 1. The molecule has 2 fully saturated rings. The van der Waals surface area contributed by atoms with E-state index in [0.717, 1.165) is 81.3 Å². The lowest BCUT2D eigenvalue weighted by molar-refractivity contribution is 0.0712. The number of fused-ring (bicyclic) bond motifs is 2. The Kier molecular flexibility index (Phi) is 6.01. The Morgan fingerprint density at radius 3 is 2.86 bits per heavy atom. The van der Waals surface area contributed by atoms with Crippen molar-refractivity contribution < 1.29 is 9.18 Å². The van der Waals surface area contributed by atoms with E-state index in [9.17, 15) is 9.18 Å². The van der Waals surface area contributed by atoms with Gasteiger partial charge in [-0.2, -0.15) is 0 Å². The number of nitrogens with one attached hydrogen (secondary N) is 2. The van der Waals surface area contributed by atoms with Gasteiger partial charge in [0.1, 0.15) is 11.5 Å². The second-order valence-corrected chi connectivity index (χ2v) is 10.8. The molecule has 2 aliphatic heterocycles. The molecule has 0 bridgehead atoms. The van der Waals surface area contributed by atoms with Gasteiger partial charge in [-0.05, 0) is 98.8 Å². The monoisotopic (exact) mass is 474 g/mol. The lowest BCUT2D eigenvalue weighted by Gasteiger charge is -2.33. The summed E-state index contributed by atoms with van der Waals surface area (Å²) in [6.45, 7) is 6.27. The second kappa shape index (κ2) is 9.30. The Hall–Kier alpha value is -2.86. The van der Waals surface area contributed by atoms with Gasteiger partial charge in [0.2, 0.25) is 0 Å². The smallest absolute Gasteiger partial charge is 0.270 e. The highest BCUT2D eigenvalue weighted by molar-refractivity contribution is 5.94. The van der Waals surface area contributed by atoms with Crippen LogP contribution in [0.5, 0.6) is 0 Å². The third-order valence-electron chi connectivity index (χ3n) is 8.41. The molecule has 0 spiro atoms. The van der Waals surface area contributed by atoms with Gasteiger partial charge >= 0.3 is 0 Å². The summed E-state index contributed by atoms with van der Waals surface area (Å²) in [5, 5.41) is 1.15. The molecule has 0 saturated carbocycles. The number of benzene rings is 1. The first-order chi connectivity index (χ1) is 17.0. The van der Waals surface area contributed by atoms with Gasteiger partial charge in [0.05, 0.1) is 0 Å². The first-order valence-corrected chi connectivity index (χ1v) is 13.2. The third kappa shape index (κ3) is 4.44. The SMILES string of the molecule is CC1C=Cc2cc(C(=O)N3CCC[C@H]3CCN3CCC(c4c[nH]c5cc(F)ccc45)CC3)[nH]c2C1. The number of hydrogen-bond acceptors (Lipinski definition) is 2. The predicted molar refractivity (Wildman–Crippen MR) is 138 cm³/mol. The minimum atomic E-state index is -0.192. The first kappa shape index (κ1) is 22.6. The number of nitrogens with zero attached hydrogens (tertiary/aromatic N) is 2. The molecule has 5 nitrogen and oxygen atoms in total. The number of H-pyrrole nitrogens is 2. The van der Waals surface area contributed by atoms with Crippen molar-refractivity contribution in [1.82, 2.24) is 19.8 Å². The van der Waals surface area contributed by atoms with E-state index < -0.39 is 0 Å². The molecule has 6 heteroatoms. The van der Waals surface area contributed by atoms with Crippen molar-refractivity contribution in [3.8, 4) is 0 Å². The molecule has 1 unspecified atom stereocenters. The highest BCUT2D eigenvalue weighted by Gasteiger charge is 2.31. The van der Waals surface area contributed by atoms with E-state index in [-0.39, 0.29) is 11.7 Å². The standard InChI is InChI=1S/C29H35FN4O/c1-19-4-5-21-16-28(32-26(21)15-19)29(35)34-11-2-3-23(34)10-14-33-12-8-20(9-13-33)25-18-31-27-17-22(30)6-7-24(25)27/h4-7,16-20,23,31-32H,2-3,8-15H2,1H3/t19?,23-/m0/s1. The highest BCUT2D eigenvalue weighted by atomic mass is 19.1. The topological polar surface area (TPSA) is 55.1 Å². The lowest BCUT2D eigenvalue weighted by Crippen LogP contribution is -2.40. The molecule has 2 atom stereocenters. The van der Waals surface area contributed by atoms with E-state index >= 15 is 0 Å². The summed E-state index contributed by atoms with van der Waals surface area (Å²) in [6.07, 6.45) is 12.9. The average molecular weight is 475 g/mol. The summed E-state index contributed by atoms with van der Waals surface area (Å²) in [5.41, 5.74) is 5.33. The Morgan fingerprint density at radius 1 is 1.14 bits per heavy atom. The zero-order valence-corrected chi connectivity index (χ0v) is 20.5. The van der Waals surface area contributed by atoms with Crippen molar-refractivity contribution in [3.05, 3.63) is 64.9 Å². The van der Waals surface area contributed by atoms with Gasteiger partial charge in [0.25, 0.3) is 5.91 Å². The van der Waals surface area contributed by atoms with Crippen molar-refractivity contribution in [2.75, 3.05) is 26.2 Å². The van der Waals surface area contributed by atoms with E-state index in [1.54, 1.807) is 12.1 Å². The fraction of sp³-hybridized carbons (Fsp3) is 0.483. The minimum Gasteiger partial charge on any atom is -0.361 e. The number of aromatic amines is 2. The molecule has 1 aliphatic carbocycles. The van der Waals surface area contributed by atoms with Crippen LogP contribution in [0.3, 0.4) is 0 Å². The van der Waals surface area contributed by atoms with Gasteiger partial charge in [0.15, 0.2) is 0 Å². The molecule has 4 heterocycles. The fourth-order valence-corrected chi connectivity index (χ4v) is 6.42. The van der Waals surface area contributed by atoms with Gasteiger partial charge < -0.3 is 19.8 Å². The van der Waals surface area contributed by atoms with Crippen LogP contribution in [0.1, 0.15) is 72.3 Å². The lowest BCUT2D eigenvalue weighted by atomic mass is 9.89. The molecule has 2 saturated heterocycles. The second-order valence-electron chi connectivity index (χ2n) is 10.8. The maximum atomic E-state index is 13.5. The summed E-state index contributed by atoms with van der Waals surface area (Å²) in [6, 6.07) is 7.43. The number of amides is 1. The van der Waals surface area contributed by atoms with Gasteiger partial charge in [-0.25, -0.2) is 4.39 Å². The van der Waals surface area contributed by atoms with Gasteiger partial charge in [0, 0.05) is 41.9 Å². The summed E-state index contributed by atoms with van der Waals surface area (Å²) in [4.78, 5) is 24.7. The van der Waals surface area contributed by atoms with Crippen molar-refractivity contribution >= 4 is 22.9 Å². The van der Waals surface area contributed by atoms with Crippen LogP contribution in [0.15, 0.2) is 36.5 Å². The van der Waals surface area contributed by atoms with Gasteiger partial charge in [-0.15, -0.1) is 0 Å². The van der Waals surface area contributed by atoms with Crippen LogP contribution in [0, 0.1) is 11.7 Å². The Bertz CT molecular complexity index is 1250. The van der Waals surface area contributed by atoms with Crippen LogP contribution in [0.25, 0.3) is 17.0 Å². The molecular weight excluding hydrogens is 439 g/mol. The van der Waals surface area contributed by atoms with Crippen LogP contribution in [0.2, 0.25) is 0 Å². The maximum Gasteiger partial charge on any atom is 0.270 e. The van der Waals surface area contributed by atoms with E-state index in [4.69, 9.17) is 0 Å². The number of aromatic nitrogens is 2. The Morgan fingerprint density at radius 2 is 2.00 bits per heavy atom. The fourth-order valence-electron chi connectivity index (χ4n) is 6.42. The molecule has 184 valence electrons. The zero-order chi connectivity index (χ0) is 23.9. The molecule has 2 aromatic heterocycles. The minimum absolute atomic E-state index is 0.164. The quantitative estimate of drug-likeness (QED) is 0.497. The summed E-state index contributed by atoms with van der Waals surface area (Å²) < 4.78 is 13.5. The van der Waals surface area contributed by atoms with Crippen LogP contribution >= 0.6 is 0 Å². The van der Waals surface area contributed by atoms with Crippen molar-refractivity contribution in [1.29, 1.82) is 0 Å². The predicted octanol–water partition coefficient (Wildman–Crippen LogP) is 5.71. The third-order valence-corrected chi connectivity index (χ3v) is 8.41. The van der Waals surface area contributed by atoms with Crippen molar-refractivity contribution in [2.45, 2.75) is 57.4 Å². The summed E-state index contributed by atoms with van der Waals surface area (Å²) in [5.74, 6) is 1.01. The zero-order valence-electron chi connectivity index (χ0n) is 20.5. The molecule has 35 heavy (non-hydrogen) atoms. The molecule has 3 aromatic rings. The van der Waals surface area contributed by atoms with E-state index in [1.165, 1.54) is 16.8 Å². The number of hydrogen-bond donors (Lipinski definition) is 2. The Labute approximate surface area is 206 Å². The molecule has 6 rings (SSSR count). The van der Waals surface area contributed by atoms with E-state index in [0.29, 0.717) is 17.9 Å². The van der Waals surface area contributed by atoms with Gasteiger partial charge in [-0.3, -0.25) is 4.79 Å². The van der Waals surface area contributed by atoms with E-state index in [1.807, 2.05) is 12.1 Å². The van der Waals surface area contributed by atoms with Crippen LogP contribution in [-0.2, 0) is 6.42 Å².